The maximum atomic E-state index is 12.3. The third kappa shape index (κ3) is 3.02. The van der Waals surface area contributed by atoms with E-state index in [0.717, 1.165) is 27.4 Å². The molecule has 4 aromatic rings. The number of aromatic nitrogens is 1. The zero-order valence-electron chi connectivity index (χ0n) is 13.6. The maximum absolute atomic E-state index is 12.3. The number of carbonyl (C=O) groups is 1. The summed E-state index contributed by atoms with van der Waals surface area (Å²) < 4.78 is 2.03. The van der Waals surface area contributed by atoms with Crippen LogP contribution < -0.4 is 5.43 Å². The Balaban J connectivity index is 1.59. The second kappa shape index (κ2) is 6.61. The van der Waals surface area contributed by atoms with Gasteiger partial charge in [0, 0.05) is 21.8 Å². The van der Waals surface area contributed by atoms with Gasteiger partial charge in [-0.15, -0.1) is 0 Å². The number of rotatable bonds is 4. The average Bonchev–Trinajstić information content (AvgIpc) is 2.97. The first-order valence-corrected chi connectivity index (χ1v) is 8.16. The number of hydrazone groups is 1. The lowest BCUT2D eigenvalue weighted by Crippen LogP contribution is -2.23. The second-order valence-electron chi connectivity index (χ2n) is 5.82. The van der Waals surface area contributed by atoms with Crippen molar-refractivity contribution in [1.82, 2.24) is 9.99 Å². The van der Waals surface area contributed by atoms with E-state index in [1.165, 1.54) is 0 Å². The van der Waals surface area contributed by atoms with E-state index in [9.17, 15) is 4.79 Å². The van der Waals surface area contributed by atoms with E-state index in [0.29, 0.717) is 0 Å². The van der Waals surface area contributed by atoms with E-state index in [2.05, 4.69) is 22.7 Å². The Morgan fingerprint density at radius 1 is 0.840 bits per heavy atom. The van der Waals surface area contributed by atoms with Crippen molar-refractivity contribution < 1.29 is 4.79 Å². The van der Waals surface area contributed by atoms with E-state index in [1.807, 2.05) is 71.3 Å². The number of para-hydroxylation sites is 2. The van der Waals surface area contributed by atoms with Gasteiger partial charge in [-0.2, -0.15) is 5.10 Å². The van der Waals surface area contributed by atoms with Gasteiger partial charge in [0.05, 0.1) is 6.21 Å². The van der Waals surface area contributed by atoms with E-state index < -0.39 is 0 Å². The van der Waals surface area contributed by atoms with Crippen LogP contribution in [-0.2, 0) is 11.3 Å². The van der Waals surface area contributed by atoms with Crippen molar-refractivity contribution in [3.63, 3.8) is 0 Å². The Morgan fingerprint density at radius 3 is 2.04 bits per heavy atom. The number of nitrogens with zero attached hydrogens (tertiary/aromatic N) is 2. The van der Waals surface area contributed by atoms with E-state index in [4.69, 9.17) is 0 Å². The largest absolute Gasteiger partial charge is 0.331 e. The van der Waals surface area contributed by atoms with Crippen LogP contribution in [0.3, 0.4) is 0 Å². The molecular weight excluding hydrogens is 310 g/mol. The monoisotopic (exact) mass is 327 g/mol. The van der Waals surface area contributed by atoms with Gasteiger partial charge in [0.2, 0.25) is 0 Å². The van der Waals surface area contributed by atoms with Crippen molar-refractivity contribution in [3.05, 3.63) is 84.4 Å². The van der Waals surface area contributed by atoms with Gasteiger partial charge in [-0.1, -0.05) is 66.7 Å². The molecule has 0 spiro atoms. The fourth-order valence-electron chi connectivity index (χ4n) is 3.07. The number of benzene rings is 3. The molecule has 4 rings (SSSR count). The summed E-state index contributed by atoms with van der Waals surface area (Å²) >= 11 is 0. The minimum Gasteiger partial charge on any atom is -0.331 e. The molecule has 1 N–H and O–H groups in total. The number of fused-ring (bicyclic) bond motifs is 3. The Hall–Kier alpha value is -3.40. The summed E-state index contributed by atoms with van der Waals surface area (Å²) in [5.41, 5.74) is 5.65. The minimum atomic E-state index is -0.154. The van der Waals surface area contributed by atoms with Gasteiger partial charge in [-0.25, -0.2) is 5.43 Å². The van der Waals surface area contributed by atoms with Gasteiger partial charge >= 0.3 is 0 Å². The summed E-state index contributed by atoms with van der Waals surface area (Å²) in [5, 5.41) is 6.35. The van der Waals surface area contributed by atoms with Gasteiger partial charge in [0.1, 0.15) is 6.54 Å². The van der Waals surface area contributed by atoms with E-state index in [1.54, 1.807) is 6.21 Å². The smallest absolute Gasteiger partial charge is 0.260 e. The molecule has 0 unspecified atom stereocenters. The predicted molar refractivity (Wildman–Crippen MR) is 102 cm³/mol. The molecule has 1 amide bonds. The fraction of sp³-hybridized carbons (Fsp3) is 0.0476. The SMILES string of the molecule is O=C(Cn1c2ccccc2c2ccccc21)N/N=C/c1ccccc1. The second-order valence-corrected chi connectivity index (χ2v) is 5.82. The highest BCUT2D eigenvalue weighted by atomic mass is 16.2. The highest BCUT2D eigenvalue weighted by Gasteiger charge is 2.11. The summed E-state index contributed by atoms with van der Waals surface area (Å²) in [6, 6.07) is 25.9. The standard InChI is InChI=1S/C21H17N3O/c25-21(23-22-14-16-8-2-1-3-9-16)15-24-19-12-6-4-10-17(19)18-11-5-7-13-20(18)24/h1-14H,15H2,(H,23,25)/b22-14+. The van der Waals surface area contributed by atoms with Crippen LogP contribution in [0.15, 0.2) is 84.0 Å². The van der Waals surface area contributed by atoms with Gasteiger partial charge < -0.3 is 4.57 Å². The lowest BCUT2D eigenvalue weighted by atomic mass is 10.2. The molecule has 0 bridgehead atoms. The number of nitrogens with one attached hydrogen (secondary N) is 1. The van der Waals surface area contributed by atoms with Crippen LogP contribution in [0.2, 0.25) is 0 Å². The van der Waals surface area contributed by atoms with Crippen LogP contribution in [0.4, 0.5) is 0 Å². The molecule has 1 aromatic heterocycles. The molecule has 0 saturated heterocycles. The highest BCUT2D eigenvalue weighted by molar-refractivity contribution is 6.08. The Kier molecular flexibility index (Phi) is 4.01. The van der Waals surface area contributed by atoms with Crippen molar-refractivity contribution in [2.24, 2.45) is 5.10 Å². The Bertz CT molecular complexity index is 1010. The quantitative estimate of drug-likeness (QED) is 0.448. The first-order valence-electron chi connectivity index (χ1n) is 8.16. The Labute approximate surface area is 145 Å². The van der Waals surface area contributed by atoms with Gasteiger partial charge in [0.15, 0.2) is 0 Å². The normalized spacial score (nSPS) is 11.4. The molecule has 1 heterocycles. The zero-order valence-corrected chi connectivity index (χ0v) is 13.6. The van der Waals surface area contributed by atoms with Crippen molar-refractivity contribution >= 4 is 33.9 Å². The number of hydrogen-bond donors (Lipinski definition) is 1. The molecule has 0 saturated carbocycles. The summed E-state index contributed by atoms with van der Waals surface area (Å²) in [5.74, 6) is -0.154. The topological polar surface area (TPSA) is 46.4 Å². The average molecular weight is 327 g/mol. The molecule has 0 radical (unpaired) electrons. The molecule has 0 atom stereocenters. The summed E-state index contributed by atoms with van der Waals surface area (Å²) in [7, 11) is 0. The maximum Gasteiger partial charge on any atom is 0.260 e. The van der Waals surface area contributed by atoms with E-state index in [-0.39, 0.29) is 12.5 Å². The highest BCUT2D eigenvalue weighted by Crippen LogP contribution is 2.28. The molecule has 122 valence electrons. The summed E-state index contributed by atoms with van der Waals surface area (Å²) in [6.07, 6.45) is 1.64. The first kappa shape index (κ1) is 15.1. The number of amides is 1. The molecule has 0 aliphatic heterocycles. The van der Waals surface area contributed by atoms with Crippen molar-refractivity contribution in [2.45, 2.75) is 6.54 Å². The van der Waals surface area contributed by atoms with Crippen LogP contribution in [-0.4, -0.2) is 16.7 Å². The number of hydrogen-bond acceptors (Lipinski definition) is 2. The molecular formula is C21H17N3O. The summed E-state index contributed by atoms with van der Waals surface area (Å²) in [6.45, 7) is 0.222. The van der Waals surface area contributed by atoms with E-state index >= 15 is 0 Å². The van der Waals surface area contributed by atoms with Crippen molar-refractivity contribution in [2.75, 3.05) is 0 Å². The van der Waals surface area contributed by atoms with Crippen LogP contribution >= 0.6 is 0 Å². The lowest BCUT2D eigenvalue weighted by Gasteiger charge is -2.06. The van der Waals surface area contributed by atoms with Gasteiger partial charge in [-0.3, -0.25) is 4.79 Å². The molecule has 25 heavy (non-hydrogen) atoms. The lowest BCUT2D eigenvalue weighted by molar-refractivity contribution is -0.121. The Morgan fingerprint density at radius 2 is 1.40 bits per heavy atom. The van der Waals surface area contributed by atoms with Crippen molar-refractivity contribution in [3.8, 4) is 0 Å². The molecule has 4 heteroatoms. The van der Waals surface area contributed by atoms with Crippen molar-refractivity contribution in [1.29, 1.82) is 0 Å². The molecule has 4 nitrogen and oxygen atoms in total. The minimum absolute atomic E-state index is 0.154. The zero-order chi connectivity index (χ0) is 17.1. The third-order valence-corrected chi connectivity index (χ3v) is 4.18. The van der Waals surface area contributed by atoms with Crippen LogP contribution in [0.5, 0.6) is 0 Å². The summed E-state index contributed by atoms with van der Waals surface area (Å²) in [4.78, 5) is 12.3. The van der Waals surface area contributed by atoms with Gasteiger partial charge in [0.25, 0.3) is 5.91 Å². The molecule has 3 aromatic carbocycles. The van der Waals surface area contributed by atoms with Crippen LogP contribution in [0, 0.1) is 0 Å². The predicted octanol–water partition coefficient (Wildman–Crippen LogP) is 3.94. The molecule has 0 aliphatic carbocycles. The number of carbonyl (C=O) groups excluding carboxylic acids is 1. The molecule has 0 aliphatic rings. The first-order chi connectivity index (χ1) is 12.3. The fourth-order valence-corrected chi connectivity index (χ4v) is 3.07. The van der Waals surface area contributed by atoms with Crippen LogP contribution in [0.1, 0.15) is 5.56 Å². The van der Waals surface area contributed by atoms with Gasteiger partial charge in [-0.05, 0) is 17.7 Å². The third-order valence-electron chi connectivity index (χ3n) is 4.18. The van der Waals surface area contributed by atoms with Crippen LogP contribution in [0.25, 0.3) is 21.8 Å². The molecule has 0 fully saturated rings.